The summed E-state index contributed by atoms with van der Waals surface area (Å²) in [7, 11) is 1.69. The smallest absolute Gasteiger partial charge is 0.118 e. The van der Waals surface area contributed by atoms with Gasteiger partial charge in [-0.25, -0.2) is 0 Å². The van der Waals surface area contributed by atoms with Crippen molar-refractivity contribution in [3.8, 4) is 5.75 Å². The Balaban J connectivity index is 2.00. The third-order valence-electron chi connectivity index (χ3n) is 4.07. The molecule has 0 radical (unpaired) electrons. The summed E-state index contributed by atoms with van der Waals surface area (Å²) in [5.41, 5.74) is 7.61. The molecule has 1 saturated carbocycles. The van der Waals surface area contributed by atoms with Crippen LogP contribution in [0.25, 0.3) is 0 Å². The van der Waals surface area contributed by atoms with Crippen LogP contribution in [0.1, 0.15) is 44.2 Å². The molecule has 2 N–H and O–H groups in total. The molecule has 2 heteroatoms. The van der Waals surface area contributed by atoms with E-state index in [0.717, 1.165) is 11.7 Å². The van der Waals surface area contributed by atoms with Gasteiger partial charge in [-0.05, 0) is 42.4 Å². The van der Waals surface area contributed by atoms with E-state index in [2.05, 4.69) is 19.1 Å². The standard InChI is InChI=1S/C15H23NO/c1-11-3-5-12(6-4-11)15(16)13-7-9-14(17-2)10-8-13/h7-12,15H,3-6,16H2,1-2H3. The van der Waals surface area contributed by atoms with Gasteiger partial charge in [0.05, 0.1) is 7.11 Å². The molecule has 2 nitrogen and oxygen atoms in total. The van der Waals surface area contributed by atoms with Gasteiger partial charge in [0.1, 0.15) is 5.75 Å². The molecule has 0 bridgehead atoms. The normalized spacial score (nSPS) is 26.5. The summed E-state index contributed by atoms with van der Waals surface area (Å²) in [5, 5.41) is 0. The Morgan fingerprint density at radius 1 is 1.12 bits per heavy atom. The van der Waals surface area contributed by atoms with Gasteiger partial charge < -0.3 is 10.5 Å². The highest BCUT2D eigenvalue weighted by Gasteiger charge is 2.24. The first-order valence-corrected chi connectivity index (χ1v) is 6.60. The predicted molar refractivity (Wildman–Crippen MR) is 71.0 cm³/mol. The fourth-order valence-corrected chi connectivity index (χ4v) is 2.74. The largest absolute Gasteiger partial charge is 0.497 e. The van der Waals surface area contributed by atoms with E-state index in [1.807, 2.05) is 12.1 Å². The fraction of sp³-hybridized carbons (Fsp3) is 0.600. The molecule has 0 heterocycles. The van der Waals surface area contributed by atoms with E-state index in [9.17, 15) is 0 Å². The Bertz CT molecular complexity index is 338. The fourth-order valence-electron chi connectivity index (χ4n) is 2.74. The average Bonchev–Trinajstić information content (AvgIpc) is 2.39. The highest BCUT2D eigenvalue weighted by Crippen LogP contribution is 2.35. The first-order valence-electron chi connectivity index (χ1n) is 6.60. The number of hydrogen-bond donors (Lipinski definition) is 1. The summed E-state index contributed by atoms with van der Waals surface area (Å²) in [6, 6.07) is 8.39. The summed E-state index contributed by atoms with van der Waals surface area (Å²) >= 11 is 0. The Labute approximate surface area is 104 Å². The first-order chi connectivity index (χ1) is 8.20. The number of methoxy groups -OCH3 is 1. The van der Waals surface area contributed by atoms with E-state index in [0.29, 0.717) is 5.92 Å². The predicted octanol–water partition coefficient (Wildman–Crippen LogP) is 3.52. The lowest BCUT2D eigenvalue weighted by Gasteiger charge is -2.30. The highest BCUT2D eigenvalue weighted by atomic mass is 16.5. The molecule has 94 valence electrons. The monoisotopic (exact) mass is 233 g/mol. The molecule has 1 fully saturated rings. The number of nitrogens with two attached hydrogens (primary N) is 1. The van der Waals surface area contributed by atoms with Crippen LogP contribution in [-0.4, -0.2) is 7.11 Å². The molecule has 1 aromatic rings. The van der Waals surface area contributed by atoms with Crippen molar-refractivity contribution in [2.24, 2.45) is 17.6 Å². The maximum atomic E-state index is 6.37. The minimum atomic E-state index is 0.188. The molecular weight excluding hydrogens is 210 g/mol. The molecule has 0 amide bonds. The van der Waals surface area contributed by atoms with E-state index < -0.39 is 0 Å². The number of ether oxygens (including phenoxy) is 1. The van der Waals surface area contributed by atoms with Gasteiger partial charge in [0.15, 0.2) is 0 Å². The summed E-state index contributed by atoms with van der Waals surface area (Å²) < 4.78 is 5.17. The maximum absolute atomic E-state index is 6.37. The molecular formula is C15H23NO. The van der Waals surface area contributed by atoms with Crippen molar-refractivity contribution < 1.29 is 4.74 Å². The van der Waals surface area contributed by atoms with E-state index in [1.165, 1.54) is 31.2 Å². The summed E-state index contributed by atoms with van der Waals surface area (Å²) in [5.74, 6) is 2.44. The molecule has 1 aromatic carbocycles. The molecule has 1 atom stereocenters. The van der Waals surface area contributed by atoms with Gasteiger partial charge in [-0.2, -0.15) is 0 Å². The van der Waals surface area contributed by atoms with E-state index in [-0.39, 0.29) is 6.04 Å². The molecule has 1 unspecified atom stereocenters. The van der Waals surface area contributed by atoms with Crippen LogP contribution in [0.4, 0.5) is 0 Å². The zero-order chi connectivity index (χ0) is 12.3. The second kappa shape index (κ2) is 5.54. The van der Waals surface area contributed by atoms with Crippen molar-refractivity contribution in [2.75, 3.05) is 7.11 Å². The minimum absolute atomic E-state index is 0.188. The summed E-state index contributed by atoms with van der Waals surface area (Å²) in [6.45, 7) is 2.34. The van der Waals surface area contributed by atoms with Gasteiger partial charge in [-0.1, -0.05) is 31.9 Å². The van der Waals surface area contributed by atoms with Crippen molar-refractivity contribution in [2.45, 2.75) is 38.6 Å². The van der Waals surface area contributed by atoms with Crippen LogP contribution in [0, 0.1) is 11.8 Å². The second-order valence-electron chi connectivity index (χ2n) is 5.32. The van der Waals surface area contributed by atoms with Gasteiger partial charge >= 0.3 is 0 Å². The molecule has 0 spiro atoms. The zero-order valence-corrected chi connectivity index (χ0v) is 10.9. The van der Waals surface area contributed by atoms with Crippen LogP contribution >= 0.6 is 0 Å². The highest BCUT2D eigenvalue weighted by molar-refractivity contribution is 5.29. The van der Waals surface area contributed by atoms with Gasteiger partial charge in [0.25, 0.3) is 0 Å². The Kier molecular flexibility index (Phi) is 4.06. The lowest BCUT2D eigenvalue weighted by molar-refractivity contribution is 0.256. The van der Waals surface area contributed by atoms with Crippen molar-refractivity contribution in [3.63, 3.8) is 0 Å². The van der Waals surface area contributed by atoms with Crippen molar-refractivity contribution >= 4 is 0 Å². The molecule has 0 aromatic heterocycles. The van der Waals surface area contributed by atoms with Crippen LogP contribution in [0.15, 0.2) is 24.3 Å². The molecule has 17 heavy (non-hydrogen) atoms. The van der Waals surface area contributed by atoms with Crippen LogP contribution in [-0.2, 0) is 0 Å². The average molecular weight is 233 g/mol. The molecule has 0 aliphatic heterocycles. The van der Waals surface area contributed by atoms with E-state index in [1.54, 1.807) is 7.11 Å². The maximum Gasteiger partial charge on any atom is 0.118 e. The van der Waals surface area contributed by atoms with Crippen LogP contribution < -0.4 is 10.5 Å². The van der Waals surface area contributed by atoms with Gasteiger partial charge in [0.2, 0.25) is 0 Å². The first kappa shape index (κ1) is 12.4. The van der Waals surface area contributed by atoms with Crippen molar-refractivity contribution in [1.29, 1.82) is 0 Å². The lowest BCUT2D eigenvalue weighted by atomic mass is 9.78. The Morgan fingerprint density at radius 2 is 1.71 bits per heavy atom. The lowest BCUT2D eigenvalue weighted by Crippen LogP contribution is -2.25. The number of benzene rings is 1. The van der Waals surface area contributed by atoms with Crippen molar-refractivity contribution in [1.82, 2.24) is 0 Å². The Hall–Kier alpha value is -1.02. The molecule has 2 rings (SSSR count). The summed E-state index contributed by atoms with van der Waals surface area (Å²) in [6.07, 6.45) is 5.20. The second-order valence-corrected chi connectivity index (χ2v) is 5.32. The van der Waals surface area contributed by atoms with E-state index >= 15 is 0 Å². The number of hydrogen-bond acceptors (Lipinski definition) is 2. The molecule has 0 saturated heterocycles. The zero-order valence-electron chi connectivity index (χ0n) is 10.9. The molecule has 1 aliphatic rings. The van der Waals surface area contributed by atoms with Crippen molar-refractivity contribution in [3.05, 3.63) is 29.8 Å². The minimum Gasteiger partial charge on any atom is -0.497 e. The van der Waals surface area contributed by atoms with Gasteiger partial charge in [0, 0.05) is 6.04 Å². The number of rotatable bonds is 3. The van der Waals surface area contributed by atoms with Gasteiger partial charge in [-0.3, -0.25) is 0 Å². The van der Waals surface area contributed by atoms with E-state index in [4.69, 9.17) is 10.5 Å². The van der Waals surface area contributed by atoms with Gasteiger partial charge in [-0.15, -0.1) is 0 Å². The SMILES string of the molecule is COc1ccc(C(N)C2CCC(C)CC2)cc1. The molecule has 1 aliphatic carbocycles. The quantitative estimate of drug-likeness (QED) is 0.867. The topological polar surface area (TPSA) is 35.2 Å². The third kappa shape index (κ3) is 3.01. The summed E-state index contributed by atoms with van der Waals surface area (Å²) in [4.78, 5) is 0. The van der Waals surface area contributed by atoms with Crippen LogP contribution in [0.5, 0.6) is 5.75 Å². The Morgan fingerprint density at radius 3 is 2.24 bits per heavy atom. The third-order valence-corrected chi connectivity index (χ3v) is 4.07. The van der Waals surface area contributed by atoms with Crippen LogP contribution in [0.3, 0.4) is 0 Å². The van der Waals surface area contributed by atoms with Crippen LogP contribution in [0.2, 0.25) is 0 Å².